The van der Waals surface area contributed by atoms with Crippen molar-refractivity contribution in [3.05, 3.63) is 51.2 Å². The van der Waals surface area contributed by atoms with Crippen LogP contribution < -0.4 is 5.56 Å². The van der Waals surface area contributed by atoms with E-state index in [4.69, 9.17) is 0 Å². The highest BCUT2D eigenvalue weighted by atomic mass is 16.6. The number of aromatic nitrogens is 4. The number of benzene rings is 1. The lowest BCUT2D eigenvalue weighted by Crippen LogP contribution is -2.07. The molecule has 0 saturated carbocycles. The number of rotatable bonds is 2. The molecule has 0 amide bonds. The zero-order valence-electron chi connectivity index (χ0n) is 10.4. The standard InChI is InChI=1S/C12H9N5O3/c1-16-3-2-9(15-16)7-4-10-8(5-11(7)17(19)20)12(18)14-6-13-10/h2-6H,1H3,(H,13,14,18). The molecule has 100 valence electrons. The molecule has 20 heavy (non-hydrogen) atoms. The summed E-state index contributed by atoms with van der Waals surface area (Å²) in [5.41, 5.74) is 0.602. The molecule has 3 aromatic rings. The number of aromatic amines is 1. The first kappa shape index (κ1) is 12.0. The lowest BCUT2D eigenvalue weighted by atomic mass is 10.1. The molecule has 2 heterocycles. The summed E-state index contributed by atoms with van der Waals surface area (Å²) in [4.78, 5) is 28.7. The lowest BCUT2D eigenvalue weighted by molar-refractivity contribution is -0.384. The minimum absolute atomic E-state index is 0.172. The second kappa shape index (κ2) is 4.26. The molecule has 0 aliphatic heterocycles. The van der Waals surface area contributed by atoms with E-state index in [1.807, 2.05) is 0 Å². The summed E-state index contributed by atoms with van der Waals surface area (Å²) >= 11 is 0. The smallest absolute Gasteiger partial charge is 0.279 e. The van der Waals surface area contributed by atoms with E-state index in [1.54, 1.807) is 24.0 Å². The monoisotopic (exact) mass is 271 g/mol. The first-order valence-electron chi connectivity index (χ1n) is 5.72. The number of aryl methyl sites for hydroxylation is 1. The van der Waals surface area contributed by atoms with Crippen LogP contribution >= 0.6 is 0 Å². The molecule has 0 saturated heterocycles. The average Bonchev–Trinajstić information content (AvgIpc) is 2.84. The molecule has 0 spiro atoms. The topological polar surface area (TPSA) is 107 Å². The van der Waals surface area contributed by atoms with E-state index in [9.17, 15) is 14.9 Å². The van der Waals surface area contributed by atoms with E-state index in [0.29, 0.717) is 16.8 Å². The quantitative estimate of drug-likeness (QED) is 0.557. The minimum atomic E-state index is -0.532. The third-order valence-electron chi connectivity index (χ3n) is 2.94. The predicted octanol–water partition coefficient (Wildman–Crippen LogP) is 1.23. The maximum absolute atomic E-state index is 11.7. The van der Waals surface area contributed by atoms with Gasteiger partial charge >= 0.3 is 0 Å². The first-order valence-corrected chi connectivity index (χ1v) is 5.72. The van der Waals surface area contributed by atoms with Crippen LogP contribution in [0.3, 0.4) is 0 Å². The number of hydrogen-bond acceptors (Lipinski definition) is 5. The third-order valence-corrected chi connectivity index (χ3v) is 2.94. The Bertz CT molecular complexity index is 880. The van der Waals surface area contributed by atoms with Crippen molar-refractivity contribution in [1.29, 1.82) is 0 Å². The van der Waals surface area contributed by atoms with E-state index in [2.05, 4.69) is 15.1 Å². The number of hydrogen-bond donors (Lipinski definition) is 1. The van der Waals surface area contributed by atoms with Crippen molar-refractivity contribution in [2.24, 2.45) is 7.05 Å². The van der Waals surface area contributed by atoms with Crippen molar-refractivity contribution in [3.8, 4) is 11.3 Å². The molecule has 0 aliphatic carbocycles. The summed E-state index contributed by atoms with van der Waals surface area (Å²) in [6.07, 6.45) is 2.95. The molecule has 1 N–H and O–H groups in total. The van der Waals surface area contributed by atoms with Crippen LogP contribution in [0.25, 0.3) is 22.2 Å². The van der Waals surface area contributed by atoms with Gasteiger partial charge in [0.05, 0.1) is 33.4 Å². The summed E-state index contributed by atoms with van der Waals surface area (Å²) in [7, 11) is 1.72. The Hall–Kier alpha value is -3.03. The van der Waals surface area contributed by atoms with E-state index in [1.165, 1.54) is 18.5 Å². The minimum Gasteiger partial charge on any atom is -0.313 e. The maximum Gasteiger partial charge on any atom is 0.279 e. The van der Waals surface area contributed by atoms with Gasteiger partial charge in [0.1, 0.15) is 0 Å². The number of nitro groups is 1. The highest BCUT2D eigenvalue weighted by molar-refractivity contribution is 5.88. The number of fused-ring (bicyclic) bond motifs is 1. The lowest BCUT2D eigenvalue weighted by Gasteiger charge is -2.02. The summed E-state index contributed by atoms with van der Waals surface area (Å²) in [6, 6.07) is 4.40. The molecule has 8 heteroatoms. The van der Waals surface area contributed by atoms with Crippen LogP contribution in [-0.4, -0.2) is 24.7 Å². The number of H-pyrrole nitrogens is 1. The van der Waals surface area contributed by atoms with E-state index in [0.717, 1.165) is 0 Å². The van der Waals surface area contributed by atoms with Gasteiger partial charge in [-0.2, -0.15) is 5.10 Å². The molecule has 0 atom stereocenters. The zero-order valence-corrected chi connectivity index (χ0v) is 10.4. The van der Waals surface area contributed by atoms with Gasteiger partial charge in [-0.25, -0.2) is 4.98 Å². The molecule has 0 radical (unpaired) electrons. The van der Waals surface area contributed by atoms with Gasteiger partial charge in [-0.15, -0.1) is 0 Å². The van der Waals surface area contributed by atoms with Crippen LogP contribution in [0.2, 0.25) is 0 Å². The van der Waals surface area contributed by atoms with Crippen molar-refractivity contribution in [2.45, 2.75) is 0 Å². The molecule has 8 nitrogen and oxygen atoms in total. The largest absolute Gasteiger partial charge is 0.313 e. The van der Waals surface area contributed by atoms with Crippen molar-refractivity contribution >= 4 is 16.6 Å². The Morgan fingerprint density at radius 3 is 2.85 bits per heavy atom. The molecule has 1 aromatic carbocycles. The molecular weight excluding hydrogens is 262 g/mol. The highest BCUT2D eigenvalue weighted by Gasteiger charge is 2.19. The van der Waals surface area contributed by atoms with E-state index < -0.39 is 10.5 Å². The fraction of sp³-hybridized carbons (Fsp3) is 0.0833. The number of nitrogens with zero attached hydrogens (tertiary/aromatic N) is 4. The average molecular weight is 271 g/mol. The summed E-state index contributed by atoms with van der Waals surface area (Å²) in [5, 5.41) is 15.5. The molecule has 2 aromatic heterocycles. The number of nitro benzene ring substituents is 1. The third kappa shape index (κ3) is 1.83. The molecular formula is C12H9N5O3. The van der Waals surface area contributed by atoms with Gasteiger partial charge in [-0.05, 0) is 12.1 Å². The molecule has 0 bridgehead atoms. The van der Waals surface area contributed by atoms with E-state index in [-0.39, 0.29) is 11.1 Å². The van der Waals surface area contributed by atoms with Crippen molar-refractivity contribution < 1.29 is 4.92 Å². The van der Waals surface area contributed by atoms with E-state index >= 15 is 0 Å². The normalized spacial score (nSPS) is 10.8. The van der Waals surface area contributed by atoms with Crippen LogP contribution in [0.15, 0.2) is 35.5 Å². The van der Waals surface area contributed by atoms with Gasteiger partial charge in [-0.1, -0.05) is 0 Å². The first-order chi connectivity index (χ1) is 9.56. The van der Waals surface area contributed by atoms with Gasteiger partial charge in [0.25, 0.3) is 11.2 Å². The summed E-state index contributed by atoms with van der Waals surface area (Å²) < 4.78 is 1.55. The van der Waals surface area contributed by atoms with Crippen LogP contribution in [0.4, 0.5) is 5.69 Å². The van der Waals surface area contributed by atoms with Crippen molar-refractivity contribution in [3.63, 3.8) is 0 Å². The van der Waals surface area contributed by atoms with Crippen molar-refractivity contribution in [2.75, 3.05) is 0 Å². The van der Waals surface area contributed by atoms with Crippen LogP contribution in [0, 0.1) is 10.1 Å². The fourth-order valence-corrected chi connectivity index (χ4v) is 2.02. The summed E-state index contributed by atoms with van der Waals surface area (Å²) in [6.45, 7) is 0. The Kier molecular flexibility index (Phi) is 2.56. The van der Waals surface area contributed by atoms with Crippen LogP contribution in [0.5, 0.6) is 0 Å². The molecule has 0 aliphatic rings. The Morgan fingerprint density at radius 1 is 1.40 bits per heavy atom. The van der Waals surface area contributed by atoms with Crippen LogP contribution in [-0.2, 0) is 7.05 Å². The molecule has 0 fully saturated rings. The van der Waals surface area contributed by atoms with Gasteiger partial charge < -0.3 is 4.98 Å². The zero-order chi connectivity index (χ0) is 14.3. The van der Waals surface area contributed by atoms with Gasteiger partial charge in [0, 0.05) is 19.3 Å². The van der Waals surface area contributed by atoms with Crippen molar-refractivity contribution in [1.82, 2.24) is 19.7 Å². The van der Waals surface area contributed by atoms with Gasteiger partial charge in [0.15, 0.2) is 0 Å². The fourth-order valence-electron chi connectivity index (χ4n) is 2.02. The SMILES string of the molecule is Cn1ccc(-c2cc3nc[nH]c(=O)c3cc2[N+](=O)[O-])n1. The Morgan fingerprint density at radius 2 is 2.20 bits per heavy atom. The molecule has 3 rings (SSSR count). The number of nitrogens with one attached hydrogen (secondary N) is 1. The maximum atomic E-state index is 11.7. The second-order valence-corrected chi connectivity index (χ2v) is 4.25. The predicted molar refractivity (Wildman–Crippen MR) is 71.2 cm³/mol. The Labute approximate surface area is 111 Å². The van der Waals surface area contributed by atoms with Gasteiger partial charge in [0.2, 0.25) is 0 Å². The second-order valence-electron chi connectivity index (χ2n) is 4.25. The Balaban J connectivity index is 2.38. The highest BCUT2D eigenvalue weighted by Crippen LogP contribution is 2.31. The molecule has 0 unspecified atom stereocenters. The summed E-state index contributed by atoms with van der Waals surface area (Å²) in [5.74, 6) is 0. The van der Waals surface area contributed by atoms with Gasteiger partial charge in [-0.3, -0.25) is 19.6 Å². The van der Waals surface area contributed by atoms with Crippen LogP contribution in [0.1, 0.15) is 0 Å².